The van der Waals surface area contributed by atoms with E-state index < -0.39 is 6.10 Å². The largest absolute Gasteiger partial charge is 0.384 e. The van der Waals surface area contributed by atoms with Crippen molar-refractivity contribution >= 4 is 0 Å². The van der Waals surface area contributed by atoms with Crippen molar-refractivity contribution in [3.05, 3.63) is 69.8 Å². The minimum atomic E-state index is -0.546. The average Bonchev–Trinajstić information content (AvgIpc) is 2.42. The van der Waals surface area contributed by atoms with E-state index in [0.717, 1.165) is 16.7 Å². The van der Waals surface area contributed by atoms with Gasteiger partial charge in [0.05, 0.1) is 0 Å². The predicted octanol–water partition coefficient (Wildman–Crippen LogP) is 4.82. The second-order valence-electron chi connectivity index (χ2n) is 6.02. The Morgan fingerprint density at radius 2 is 1.25 bits per heavy atom. The van der Waals surface area contributed by atoms with Gasteiger partial charge in [-0.05, 0) is 60.1 Å². The van der Waals surface area contributed by atoms with Crippen LogP contribution in [0.3, 0.4) is 0 Å². The van der Waals surface area contributed by atoms with Crippen LogP contribution in [-0.4, -0.2) is 5.11 Å². The van der Waals surface area contributed by atoms with E-state index in [4.69, 9.17) is 0 Å². The van der Waals surface area contributed by atoms with E-state index >= 15 is 0 Å². The van der Waals surface area contributed by atoms with Crippen molar-refractivity contribution in [3.8, 4) is 0 Å². The van der Waals surface area contributed by atoms with Gasteiger partial charge in [-0.3, -0.25) is 0 Å². The quantitative estimate of drug-likeness (QED) is 0.846. The van der Waals surface area contributed by atoms with Crippen molar-refractivity contribution in [2.45, 2.75) is 46.6 Å². The number of aliphatic hydroxyl groups excluding tert-OH is 1. The topological polar surface area (TPSA) is 20.2 Å². The number of aryl methyl sites for hydroxylation is 3. The van der Waals surface area contributed by atoms with Crippen molar-refractivity contribution < 1.29 is 5.11 Å². The van der Waals surface area contributed by atoms with Gasteiger partial charge in [-0.15, -0.1) is 0 Å². The lowest BCUT2D eigenvalue weighted by Crippen LogP contribution is -2.03. The summed E-state index contributed by atoms with van der Waals surface area (Å²) in [4.78, 5) is 0. The van der Waals surface area contributed by atoms with Crippen LogP contribution in [0, 0.1) is 20.8 Å². The van der Waals surface area contributed by atoms with Gasteiger partial charge in [0.1, 0.15) is 6.10 Å². The molecule has 2 rings (SSSR count). The van der Waals surface area contributed by atoms with Gasteiger partial charge in [0.15, 0.2) is 0 Å². The first-order chi connectivity index (χ1) is 9.40. The number of benzene rings is 2. The smallest absolute Gasteiger partial charge is 0.104 e. The lowest BCUT2D eigenvalue weighted by Gasteiger charge is -2.17. The Labute approximate surface area is 122 Å². The molecule has 1 atom stereocenters. The molecule has 0 fully saturated rings. The van der Waals surface area contributed by atoms with Gasteiger partial charge in [0, 0.05) is 0 Å². The molecule has 2 aromatic carbocycles. The first kappa shape index (κ1) is 14.8. The maximum atomic E-state index is 10.6. The van der Waals surface area contributed by atoms with Gasteiger partial charge in [-0.2, -0.15) is 0 Å². The van der Waals surface area contributed by atoms with Gasteiger partial charge in [0.2, 0.25) is 0 Å². The van der Waals surface area contributed by atoms with Crippen molar-refractivity contribution in [1.29, 1.82) is 0 Å². The van der Waals surface area contributed by atoms with Gasteiger partial charge in [0.25, 0.3) is 0 Å². The highest BCUT2D eigenvalue weighted by Gasteiger charge is 2.14. The Hall–Kier alpha value is -1.60. The Bertz CT molecular complexity index is 594. The Kier molecular flexibility index (Phi) is 4.29. The summed E-state index contributed by atoms with van der Waals surface area (Å²) in [5.74, 6) is 0.518. The van der Waals surface area contributed by atoms with Crippen molar-refractivity contribution in [1.82, 2.24) is 0 Å². The van der Waals surface area contributed by atoms with Crippen LogP contribution in [-0.2, 0) is 0 Å². The maximum Gasteiger partial charge on any atom is 0.104 e. The summed E-state index contributed by atoms with van der Waals surface area (Å²) in [6.45, 7) is 10.6. The zero-order valence-electron chi connectivity index (χ0n) is 13.1. The molecule has 0 radical (unpaired) electrons. The minimum absolute atomic E-state index is 0.518. The van der Waals surface area contributed by atoms with Crippen LogP contribution in [0.25, 0.3) is 0 Å². The third-order valence-corrected chi connectivity index (χ3v) is 4.10. The number of hydrogen-bond donors (Lipinski definition) is 1. The summed E-state index contributed by atoms with van der Waals surface area (Å²) in [6, 6.07) is 12.5. The summed E-state index contributed by atoms with van der Waals surface area (Å²) in [7, 11) is 0. The second-order valence-corrected chi connectivity index (χ2v) is 6.02. The lowest BCUT2D eigenvalue weighted by molar-refractivity contribution is 0.219. The molecule has 1 unspecified atom stereocenters. The molecule has 0 aliphatic rings. The summed E-state index contributed by atoms with van der Waals surface area (Å²) in [6.07, 6.45) is -0.546. The molecule has 0 bridgehead atoms. The normalized spacial score (nSPS) is 12.8. The molecule has 106 valence electrons. The third kappa shape index (κ3) is 2.94. The van der Waals surface area contributed by atoms with Gasteiger partial charge >= 0.3 is 0 Å². The van der Waals surface area contributed by atoms with Crippen LogP contribution < -0.4 is 0 Å². The van der Waals surface area contributed by atoms with Gasteiger partial charge in [-0.25, -0.2) is 0 Å². The van der Waals surface area contributed by atoms with Crippen molar-refractivity contribution in [3.63, 3.8) is 0 Å². The fourth-order valence-electron chi connectivity index (χ4n) is 2.52. The molecule has 0 aliphatic carbocycles. The fourth-order valence-corrected chi connectivity index (χ4v) is 2.52. The monoisotopic (exact) mass is 268 g/mol. The summed E-state index contributed by atoms with van der Waals surface area (Å²) < 4.78 is 0. The van der Waals surface area contributed by atoms with Crippen LogP contribution in [0.15, 0.2) is 36.4 Å². The molecule has 0 aliphatic heterocycles. The summed E-state index contributed by atoms with van der Waals surface area (Å²) in [5.41, 5.74) is 6.91. The average molecular weight is 268 g/mol. The first-order valence-electron chi connectivity index (χ1n) is 7.25. The Morgan fingerprint density at radius 1 is 0.750 bits per heavy atom. The maximum absolute atomic E-state index is 10.6. The van der Waals surface area contributed by atoms with Crippen molar-refractivity contribution in [2.75, 3.05) is 0 Å². The van der Waals surface area contributed by atoms with Crippen molar-refractivity contribution in [2.24, 2.45) is 0 Å². The molecule has 0 heterocycles. The van der Waals surface area contributed by atoms with E-state index in [1.54, 1.807) is 0 Å². The molecule has 1 heteroatoms. The molecule has 0 aromatic heterocycles. The van der Waals surface area contributed by atoms with E-state index in [9.17, 15) is 5.11 Å². The molecule has 20 heavy (non-hydrogen) atoms. The van der Waals surface area contributed by atoms with Gasteiger partial charge < -0.3 is 5.11 Å². The number of hydrogen-bond acceptors (Lipinski definition) is 1. The first-order valence-corrected chi connectivity index (χ1v) is 7.25. The summed E-state index contributed by atoms with van der Waals surface area (Å²) >= 11 is 0. The molecule has 1 N–H and O–H groups in total. The number of rotatable bonds is 3. The Balaban J connectivity index is 2.36. The van der Waals surface area contributed by atoms with E-state index in [1.807, 2.05) is 12.1 Å². The van der Waals surface area contributed by atoms with Crippen LogP contribution in [0.5, 0.6) is 0 Å². The molecule has 0 saturated carbocycles. The zero-order valence-corrected chi connectivity index (χ0v) is 13.1. The minimum Gasteiger partial charge on any atom is -0.384 e. The SMILES string of the molecule is Cc1cc(C)c(C(O)c2ccc(C(C)C)cc2)cc1C. The van der Waals surface area contributed by atoms with Crippen LogP contribution >= 0.6 is 0 Å². The molecule has 0 amide bonds. The van der Waals surface area contributed by atoms with E-state index in [0.29, 0.717) is 5.92 Å². The highest BCUT2D eigenvalue weighted by atomic mass is 16.3. The second kappa shape index (κ2) is 5.80. The lowest BCUT2D eigenvalue weighted by atomic mass is 9.92. The molecular formula is C19H24O. The molecule has 0 saturated heterocycles. The van der Waals surface area contributed by atoms with Crippen LogP contribution in [0.4, 0.5) is 0 Å². The summed E-state index contributed by atoms with van der Waals surface area (Å²) in [5, 5.41) is 10.6. The molecule has 2 aromatic rings. The van der Waals surface area contributed by atoms with Crippen LogP contribution in [0.1, 0.15) is 59.3 Å². The zero-order chi connectivity index (χ0) is 14.9. The standard InChI is InChI=1S/C19H24O/c1-12(2)16-6-8-17(9-7-16)19(20)18-11-14(4)13(3)10-15(18)5/h6-12,19-20H,1-5H3. The third-order valence-electron chi connectivity index (χ3n) is 4.10. The highest BCUT2D eigenvalue weighted by molar-refractivity contribution is 5.41. The predicted molar refractivity (Wildman–Crippen MR) is 85.2 cm³/mol. The molecule has 1 nitrogen and oxygen atoms in total. The highest BCUT2D eigenvalue weighted by Crippen LogP contribution is 2.28. The molecular weight excluding hydrogens is 244 g/mol. The Morgan fingerprint density at radius 3 is 1.80 bits per heavy atom. The van der Waals surface area contributed by atoms with Crippen LogP contribution in [0.2, 0.25) is 0 Å². The van der Waals surface area contributed by atoms with E-state index in [-0.39, 0.29) is 0 Å². The van der Waals surface area contributed by atoms with E-state index in [1.165, 1.54) is 16.7 Å². The van der Waals surface area contributed by atoms with E-state index in [2.05, 4.69) is 58.9 Å². The fraction of sp³-hybridized carbons (Fsp3) is 0.368. The van der Waals surface area contributed by atoms with Gasteiger partial charge in [-0.1, -0.05) is 50.2 Å². The molecule has 0 spiro atoms. The number of aliphatic hydroxyl groups is 1.